The summed E-state index contributed by atoms with van der Waals surface area (Å²) in [7, 11) is 0. The molecule has 0 aliphatic rings. The van der Waals surface area contributed by atoms with Crippen molar-refractivity contribution >= 4 is 28.8 Å². The highest BCUT2D eigenvalue weighted by Crippen LogP contribution is 2.26. The fourth-order valence-corrected chi connectivity index (χ4v) is 1.47. The molecule has 0 bridgehead atoms. The molecule has 1 aromatic heterocycles. The van der Waals surface area contributed by atoms with Gasteiger partial charge in [-0.05, 0) is 25.1 Å². The van der Waals surface area contributed by atoms with Gasteiger partial charge in [0.25, 0.3) is 0 Å². The van der Waals surface area contributed by atoms with E-state index >= 15 is 0 Å². The largest absolute Gasteiger partial charge is 0.397 e. The molecule has 0 saturated carbocycles. The van der Waals surface area contributed by atoms with E-state index in [1.807, 2.05) is 6.92 Å². The molecule has 0 atom stereocenters. The predicted molar refractivity (Wildman–Crippen MR) is 65.9 cm³/mol. The Morgan fingerprint density at radius 1 is 1.25 bits per heavy atom. The standard InChI is InChI=1S/C11H11ClN4/c1-7-11(15-5-4-14-7)16-10-6-8(12)2-3-9(10)13/h2-6H,13H2,1H3,(H,15,16). The molecule has 0 unspecified atom stereocenters. The third-order valence-electron chi connectivity index (χ3n) is 2.15. The van der Waals surface area contributed by atoms with Crippen LogP contribution in [0.5, 0.6) is 0 Å². The molecule has 2 rings (SSSR count). The number of aromatic nitrogens is 2. The lowest BCUT2D eigenvalue weighted by atomic mass is 10.2. The fraction of sp³-hybridized carbons (Fsp3) is 0.0909. The number of anilines is 3. The van der Waals surface area contributed by atoms with E-state index < -0.39 is 0 Å². The van der Waals surface area contributed by atoms with Crippen LogP contribution in [0, 0.1) is 6.92 Å². The highest BCUT2D eigenvalue weighted by atomic mass is 35.5. The molecule has 1 aromatic carbocycles. The van der Waals surface area contributed by atoms with Crippen molar-refractivity contribution in [2.75, 3.05) is 11.1 Å². The molecular formula is C11H11ClN4. The first-order valence-corrected chi connectivity index (χ1v) is 5.14. The van der Waals surface area contributed by atoms with Gasteiger partial charge in [-0.2, -0.15) is 0 Å². The molecule has 1 heterocycles. The van der Waals surface area contributed by atoms with Gasteiger partial charge in [0.05, 0.1) is 17.1 Å². The molecule has 5 heteroatoms. The van der Waals surface area contributed by atoms with Crippen LogP contribution in [0.15, 0.2) is 30.6 Å². The Hall–Kier alpha value is -1.81. The van der Waals surface area contributed by atoms with Crippen molar-refractivity contribution in [3.8, 4) is 0 Å². The van der Waals surface area contributed by atoms with Gasteiger partial charge < -0.3 is 11.1 Å². The van der Waals surface area contributed by atoms with Crippen molar-refractivity contribution in [3.05, 3.63) is 41.3 Å². The van der Waals surface area contributed by atoms with Crippen molar-refractivity contribution in [1.29, 1.82) is 0 Å². The van der Waals surface area contributed by atoms with E-state index in [0.29, 0.717) is 16.5 Å². The summed E-state index contributed by atoms with van der Waals surface area (Å²) in [5.74, 6) is 0.677. The van der Waals surface area contributed by atoms with E-state index in [2.05, 4.69) is 15.3 Å². The molecule has 0 aliphatic carbocycles. The Balaban J connectivity index is 2.34. The Morgan fingerprint density at radius 2 is 2.00 bits per heavy atom. The minimum Gasteiger partial charge on any atom is -0.397 e. The van der Waals surface area contributed by atoms with Gasteiger partial charge in [-0.25, -0.2) is 4.98 Å². The van der Waals surface area contributed by atoms with Crippen LogP contribution in [0.3, 0.4) is 0 Å². The maximum atomic E-state index is 5.89. The second-order valence-electron chi connectivity index (χ2n) is 3.35. The lowest BCUT2D eigenvalue weighted by Crippen LogP contribution is -2.00. The average Bonchev–Trinajstić information content (AvgIpc) is 2.27. The Bertz CT molecular complexity index is 513. The number of hydrogen-bond acceptors (Lipinski definition) is 4. The van der Waals surface area contributed by atoms with E-state index in [4.69, 9.17) is 17.3 Å². The van der Waals surface area contributed by atoms with Gasteiger partial charge in [0.15, 0.2) is 5.82 Å². The second kappa shape index (κ2) is 4.37. The van der Waals surface area contributed by atoms with Gasteiger partial charge in [-0.3, -0.25) is 4.98 Å². The van der Waals surface area contributed by atoms with Gasteiger partial charge >= 0.3 is 0 Å². The van der Waals surface area contributed by atoms with Gasteiger partial charge in [0, 0.05) is 17.4 Å². The van der Waals surface area contributed by atoms with Crippen LogP contribution in [0.2, 0.25) is 5.02 Å². The zero-order valence-corrected chi connectivity index (χ0v) is 9.49. The van der Waals surface area contributed by atoms with Crippen LogP contribution in [0.25, 0.3) is 0 Å². The van der Waals surface area contributed by atoms with Crippen LogP contribution < -0.4 is 11.1 Å². The number of aryl methyl sites for hydroxylation is 1. The van der Waals surface area contributed by atoms with Crippen LogP contribution in [0.1, 0.15) is 5.69 Å². The summed E-state index contributed by atoms with van der Waals surface area (Å²) in [6.45, 7) is 1.87. The number of hydrogen-bond donors (Lipinski definition) is 2. The second-order valence-corrected chi connectivity index (χ2v) is 3.78. The van der Waals surface area contributed by atoms with E-state index in [1.54, 1.807) is 30.6 Å². The number of nitrogens with zero attached hydrogens (tertiary/aromatic N) is 2. The van der Waals surface area contributed by atoms with Gasteiger partial charge in [-0.15, -0.1) is 0 Å². The topological polar surface area (TPSA) is 63.8 Å². The number of nitrogens with one attached hydrogen (secondary N) is 1. The monoisotopic (exact) mass is 234 g/mol. The summed E-state index contributed by atoms with van der Waals surface area (Å²) < 4.78 is 0. The molecule has 16 heavy (non-hydrogen) atoms. The van der Waals surface area contributed by atoms with Crippen LogP contribution in [0.4, 0.5) is 17.2 Å². The zero-order valence-electron chi connectivity index (χ0n) is 8.74. The molecule has 82 valence electrons. The first-order valence-electron chi connectivity index (χ1n) is 4.76. The fourth-order valence-electron chi connectivity index (χ4n) is 1.29. The van der Waals surface area contributed by atoms with Crippen molar-refractivity contribution in [2.45, 2.75) is 6.92 Å². The molecule has 4 nitrogen and oxygen atoms in total. The van der Waals surface area contributed by atoms with E-state index in [-0.39, 0.29) is 0 Å². The summed E-state index contributed by atoms with van der Waals surface area (Å²) in [6, 6.07) is 5.24. The van der Waals surface area contributed by atoms with Gasteiger partial charge in [-0.1, -0.05) is 11.6 Å². The Labute approximate surface area is 98.5 Å². The van der Waals surface area contributed by atoms with Gasteiger partial charge in [0.2, 0.25) is 0 Å². The summed E-state index contributed by atoms with van der Waals surface area (Å²) in [6.07, 6.45) is 3.26. The Kier molecular flexibility index (Phi) is 2.92. The number of nitrogen functional groups attached to an aromatic ring is 1. The molecule has 0 radical (unpaired) electrons. The molecule has 0 saturated heterocycles. The van der Waals surface area contributed by atoms with E-state index in [0.717, 1.165) is 11.4 Å². The van der Waals surface area contributed by atoms with Crippen molar-refractivity contribution in [1.82, 2.24) is 9.97 Å². The van der Waals surface area contributed by atoms with Crippen LogP contribution in [-0.2, 0) is 0 Å². The molecule has 0 aliphatic heterocycles. The lowest BCUT2D eigenvalue weighted by Gasteiger charge is -2.10. The quantitative estimate of drug-likeness (QED) is 0.785. The van der Waals surface area contributed by atoms with Gasteiger partial charge in [0.1, 0.15) is 0 Å². The molecule has 0 fully saturated rings. The zero-order chi connectivity index (χ0) is 11.5. The highest BCUT2D eigenvalue weighted by Gasteiger charge is 2.04. The Morgan fingerprint density at radius 3 is 2.75 bits per heavy atom. The summed E-state index contributed by atoms with van der Waals surface area (Å²) >= 11 is 5.89. The smallest absolute Gasteiger partial charge is 0.151 e. The number of benzene rings is 1. The SMILES string of the molecule is Cc1nccnc1Nc1cc(Cl)ccc1N. The third kappa shape index (κ3) is 2.23. The molecule has 2 aromatic rings. The first kappa shape index (κ1) is 10.7. The first-order chi connectivity index (χ1) is 7.66. The predicted octanol–water partition coefficient (Wildman–Crippen LogP) is 2.76. The van der Waals surface area contributed by atoms with E-state index in [9.17, 15) is 0 Å². The lowest BCUT2D eigenvalue weighted by molar-refractivity contribution is 1.12. The minimum atomic E-state index is 0.620. The highest BCUT2D eigenvalue weighted by molar-refractivity contribution is 6.31. The van der Waals surface area contributed by atoms with E-state index in [1.165, 1.54) is 0 Å². The third-order valence-corrected chi connectivity index (χ3v) is 2.38. The van der Waals surface area contributed by atoms with Crippen molar-refractivity contribution in [3.63, 3.8) is 0 Å². The average molecular weight is 235 g/mol. The minimum absolute atomic E-state index is 0.620. The summed E-state index contributed by atoms with van der Waals surface area (Å²) in [5.41, 5.74) is 7.98. The maximum absolute atomic E-state index is 5.89. The van der Waals surface area contributed by atoms with Crippen molar-refractivity contribution in [2.24, 2.45) is 0 Å². The number of rotatable bonds is 2. The molecule has 0 amide bonds. The number of halogens is 1. The normalized spacial score (nSPS) is 10.1. The number of nitrogens with two attached hydrogens (primary N) is 1. The van der Waals surface area contributed by atoms with Crippen LogP contribution in [-0.4, -0.2) is 9.97 Å². The summed E-state index contributed by atoms with van der Waals surface area (Å²) in [4.78, 5) is 8.30. The molecular weight excluding hydrogens is 224 g/mol. The molecule has 3 N–H and O–H groups in total. The summed E-state index contributed by atoms with van der Waals surface area (Å²) in [5, 5.41) is 3.72. The maximum Gasteiger partial charge on any atom is 0.151 e. The van der Waals surface area contributed by atoms with Crippen molar-refractivity contribution < 1.29 is 0 Å². The van der Waals surface area contributed by atoms with Crippen LogP contribution >= 0.6 is 11.6 Å². The molecule has 0 spiro atoms.